The Morgan fingerprint density at radius 3 is 2.62 bits per heavy atom. The fourth-order valence-electron chi connectivity index (χ4n) is 3.15. The summed E-state index contributed by atoms with van der Waals surface area (Å²) in [4.78, 5) is 23.5. The van der Waals surface area contributed by atoms with E-state index >= 15 is 0 Å². The number of hydrogen-bond acceptors (Lipinski definition) is 4. The normalized spacial score (nSPS) is 16.0. The standard InChI is InChI=1S/C20H25ClN4O/c1-14(2)19-22-12-17(21)18(24-19)20(26)23-16-8-10-25(11-9-16)13-15-6-4-3-5-7-15/h3-7,12,14,16H,8-11,13H2,1-2H3,(H,23,26). The highest BCUT2D eigenvalue weighted by molar-refractivity contribution is 6.33. The molecule has 138 valence electrons. The minimum absolute atomic E-state index is 0.153. The van der Waals surface area contributed by atoms with Crippen LogP contribution in [0.3, 0.4) is 0 Å². The molecule has 1 N–H and O–H groups in total. The summed E-state index contributed by atoms with van der Waals surface area (Å²) in [6, 6.07) is 10.6. The molecule has 6 heteroatoms. The molecule has 2 aromatic rings. The van der Waals surface area contributed by atoms with Crippen LogP contribution in [-0.4, -0.2) is 39.9 Å². The van der Waals surface area contributed by atoms with Crippen LogP contribution >= 0.6 is 11.6 Å². The van der Waals surface area contributed by atoms with Crippen LogP contribution in [0.15, 0.2) is 36.5 Å². The average molecular weight is 373 g/mol. The molecule has 0 aliphatic carbocycles. The average Bonchev–Trinajstić information content (AvgIpc) is 2.64. The molecule has 0 saturated carbocycles. The van der Waals surface area contributed by atoms with Gasteiger partial charge in [-0.25, -0.2) is 9.97 Å². The van der Waals surface area contributed by atoms with Crippen LogP contribution in [0.4, 0.5) is 0 Å². The largest absolute Gasteiger partial charge is 0.348 e. The van der Waals surface area contributed by atoms with Crippen LogP contribution < -0.4 is 5.32 Å². The number of carbonyl (C=O) groups excluding carboxylic acids is 1. The van der Waals surface area contributed by atoms with Gasteiger partial charge >= 0.3 is 0 Å². The van der Waals surface area contributed by atoms with E-state index in [2.05, 4.69) is 44.5 Å². The molecule has 0 atom stereocenters. The summed E-state index contributed by atoms with van der Waals surface area (Å²) < 4.78 is 0. The lowest BCUT2D eigenvalue weighted by molar-refractivity contribution is 0.0903. The molecule has 1 aliphatic heterocycles. The zero-order chi connectivity index (χ0) is 18.5. The van der Waals surface area contributed by atoms with E-state index in [1.165, 1.54) is 11.8 Å². The number of aromatic nitrogens is 2. The van der Waals surface area contributed by atoms with Crippen LogP contribution in [0.2, 0.25) is 5.02 Å². The summed E-state index contributed by atoms with van der Waals surface area (Å²) in [5.41, 5.74) is 1.60. The van der Waals surface area contributed by atoms with Crippen LogP contribution in [0.5, 0.6) is 0 Å². The summed E-state index contributed by atoms with van der Waals surface area (Å²) in [6.07, 6.45) is 3.37. The minimum atomic E-state index is -0.208. The van der Waals surface area contributed by atoms with E-state index < -0.39 is 0 Å². The van der Waals surface area contributed by atoms with Crippen molar-refractivity contribution in [3.8, 4) is 0 Å². The number of nitrogens with one attached hydrogen (secondary N) is 1. The second-order valence-corrected chi connectivity index (χ2v) is 7.50. The molecule has 0 radical (unpaired) electrons. The number of rotatable bonds is 5. The topological polar surface area (TPSA) is 58.1 Å². The van der Waals surface area contributed by atoms with E-state index in [0.717, 1.165) is 32.5 Å². The molecule has 0 bridgehead atoms. The number of hydrogen-bond donors (Lipinski definition) is 1. The van der Waals surface area contributed by atoms with Gasteiger partial charge in [0.15, 0.2) is 0 Å². The van der Waals surface area contributed by atoms with Crippen molar-refractivity contribution >= 4 is 17.5 Å². The van der Waals surface area contributed by atoms with Crippen molar-refractivity contribution in [3.05, 3.63) is 58.6 Å². The lowest BCUT2D eigenvalue weighted by Crippen LogP contribution is -2.44. The second kappa shape index (κ2) is 8.60. The summed E-state index contributed by atoms with van der Waals surface area (Å²) >= 11 is 6.13. The number of nitrogens with zero attached hydrogens (tertiary/aromatic N) is 3. The zero-order valence-electron chi connectivity index (χ0n) is 15.3. The Hall–Kier alpha value is -1.98. The molecule has 2 heterocycles. The summed E-state index contributed by atoms with van der Waals surface area (Å²) in [7, 11) is 0. The third-order valence-electron chi connectivity index (χ3n) is 4.67. The van der Waals surface area contributed by atoms with E-state index in [4.69, 9.17) is 11.6 Å². The van der Waals surface area contributed by atoms with Gasteiger partial charge in [-0.3, -0.25) is 9.69 Å². The van der Waals surface area contributed by atoms with Crippen molar-refractivity contribution in [1.82, 2.24) is 20.2 Å². The predicted molar refractivity (Wildman–Crippen MR) is 103 cm³/mol. The van der Waals surface area contributed by atoms with Gasteiger partial charge in [0.2, 0.25) is 0 Å². The highest BCUT2D eigenvalue weighted by Crippen LogP contribution is 2.18. The molecule has 1 fully saturated rings. The van der Waals surface area contributed by atoms with Gasteiger partial charge in [-0.1, -0.05) is 55.8 Å². The van der Waals surface area contributed by atoms with Gasteiger partial charge in [0.05, 0.1) is 11.2 Å². The third kappa shape index (κ3) is 4.80. The molecule has 0 unspecified atom stereocenters. The first kappa shape index (κ1) is 18.8. The van der Waals surface area contributed by atoms with Crippen molar-refractivity contribution in [2.24, 2.45) is 0 Å². The highest BCUT2D eigenvalue weighted by atomic mass is 35.5. The van der Waals surface area contributed by atoms with Crippen molar-refractivity contribution < 1.29 is 4.79 Å². The van der Waals surface area contributed by atoms with Crippen LogP contribution in [0.25, 0.3) is 0 Å². The number of amides is 1. The monoisotopic (exact) mass is 372 g/mol. The molecular formula is C20H25ClN4O. The zero-order valence-corrected chi connectivity index (χ0v) is 16.0. The van der Waals surface area contributed by atoms with E-state index in [1.54, 1.807) is 0 Å². The van der Waals surface area contributed by atoms with Crippen molar-refractivity contribution in [1.29, 1.82) is 0 Å². The number of piperidine rings is 1. The molecule has 1 saturated heterocycles. The Morgan fingerprint density at radius 1 is 1.27 bits per heavy atom. The Kier molecular flexibility index (Phi) is 6.22. The van der Waals surface area contributed by atoms with Crippen molar-refractivity contribution in [3.63, 3.8) is 0 Å². The summed E-state index contributed by atoms with van der Waals surface area (Å²) in [6.45, 7) is 6.88. The number of halogens is 1. The SMILES string of the molecule is CC(C)c1ncc(Cl)c(C(=O)NC2CCN(Cc3ccccc3)CC2)n1. The van der Waals surface area contributed by atoms with Gasteiger partial charge in [-0.05, 0) is 18.4 Å². The first-order valence-electron chi connectivity index (χ1n) is 9.12. The third-order valence-corrected chi connectivity index (χ3v) is 4.94. The lowest BCUT2D eigenvalue weighted by atomic mass is 10.0. The second-order valence-electron chi connectivity index (χ2n) is 7.09. The van der Waals surface area contributed by atoms with Gasteiger partial charge in [0, 0.05) is 31.6 Å². The molecule has 0 spiro atoms. The van der Waals surface area contributed by atoms with Crippen LogP contribution in [0.1, 0.15) is 54.5 Å². The lowest BCUT2D eigenvalue weighted by Gasteiger charge is -2.32. The number of benzene rings is 1. The van der Waals surface area contributed by atoms with Gasteiger partial charge in [0.25, 0.3) is 5.91 Å². The molecule has 1 aliphatic rings. The first-order chi connectivity index (χ1) is 12.5. The van der Waals surface area contributed by atoms with Crippen molar-refractivity contribution in [2.75, 3.05) is 13.1 Å². The molecular weight excluding hydrogens is 348 g/mol. The Balaban J connectivity index is 1.54. The maximum absolute atomic E-state index is 12.6. The van der Waals surface area contributed by atoms with E-state index in [0.29, 0.717) is 10.8 Å². The van der Waals surface area contributed by atoms with E-state index in [1.807, 2.05) is 19.9 Å². The molecule has 1 amide bonds. The van der Waals surface area contributed by atoms with E-state index in [9.17, 15) is 4.79 Å². The summed E-state index contributed by atoms with van der Waals surface area (Å²) in [5, 5.41) is 3.39. The van der Waals surface area contributed by atoms with Crippen LogP contribution in [0, 0.1) is 0 Å². The molecule has 1 aromatic carbocycles. The molecule has 3 rings (SSSR count). The maximum atomic E-state index is 12.6. The Labute approximate surface area is 159 Å². The molecule has 5 nitrogen and oxygen atoms in total. The maximum Gasteiger partial charge on any atom is 0.271 e. The predicted octanol–water partition coefficient (Wildman–Crippen LogP) is 3.65. The molecule has 1 aromatic heterocycles. The number of carbonyl (C=O) groups is 1. The Bertz CT molecular complexity index is 743. The smallest absolute Gasteiger partial charge is 0.271 e. The highest BCUT2D eigenvalue weighted by Gasteiger charge is 2.23. The van der Waals surface area contributed by atoms with Gasteiger partial charge in [-0.2, -0.15) is 0 Å². The first-order valence-corrected chi connectivity index (χ1v) is 9.50. The minimum Gasteiger partial charge on any atom is -0.348 e. The fraction of sp³-hybridized carbons (Fsp3) is 0.450. The fourth-order valence-corrected chi connectivity index (χ4v) is 3.33. The molecule has 26 heavy (non-hydrogen) atoms. The quantitative estimate of drug-likeness (QED) is 0.870. The van der Waals surface area contributed by atoms with Gasteiger partial charge in [0.1, 0.15) is 11.5 Å². The number of likely N-dealkylation sites (tertiary alicyclic amines) is 1. The van der Waals surface area contributed by atoms with Crippen molar-refractivity contribution in [2.45, 2.75) is 45.2 Å². The summed E-state index contributed by atoms with van der Waals surface area (Å²) in [5.74, 6) is 0.582. The van der Waals surface area contributed by atoms with E-state index in [-0.39, 0.29) is 23.6 Å². The van der Waals surface area contributed by atoms with Gasteiger partial charge in [-0.15, -0.1) is 0 Å². The van der Waals surface area contributed by atoms with Gasteiger partial charge < -0.3 is 5.32 Å². The Morgan fingerprint density at radius 2 is 1.96 bits per heavy atom. The van der Waals surface area contributed by atoms with Crippen LogP contribution in [-0.2, 0) is 6.54 Å².